The van der Waals surface area contributed by atoms with E-state index in [4.69, 9.17) is 14.2 Å². The lowest BCUT2D eigenvalue weighted by Gasteiger charge is -2.38. The maximum atomic E-state index is 13.8. The minimum atomic E-state index is -0.910. The van der Waals surface area contributed by atoms with Gasteiger partial charge in [-0.1, -0.05) is 25.5 Å². The molecule has 1 aromatic rings. The molecule has 0 bridgehead atoms. The van der Waals surface area contributed by atoms with Gasteiger partial charge in [-0.05, 0) is 62.6 Å². The van der Waals surface area contributed by atoms with Crippen molar-refractivity contribution in [1.82, 2.24) is 5.32 Å². The number of ketones is 1. The van der Waals surface area contributed by atoms with Gasteiger partial charge >= 0.3 is 11.9 Å². The first-order valence-electron chi connectivity index (χ1n) is 12.0. The van der Waals surface area contributed by atoms with Crippen molar-refractivity contribution >= 4 is 17.7 Å². The zero-order chi connectivity index (χ0) is 24.4. The van der Waals surface area contributed by atoms with Gasteiger partial charge in [-0.25, -0.2) is 4.79 Å². The maximum Gasteiger partial charge on any atom is 0.337 e. The van der Waals surface area contributed by atoms with E-state index in [0.29, 0.717) is 29.0 Å². The smallest absolute Gasteiger partial charge is 0.337 e. The molecule has 0 saturated heterocycles. The SMILES string of the molecule is COC(=O)[C@@H]1C(=O)C2=C(C[C@@H]1C)NC(C)=C(C(=O)OC1CCCCC1)[C@H]2c1cccc(OC)c1. The number of carbonyl (C=O) groups excluding carboxylic acids is 3. The van der Waals surface area contributed by atoms with Gasteiger partial charge < -0.3 is 19.5 Å². The molecule has 1 aromatic carbocycles. The first kappa shape index (κ1) is 24.0. The Morgan fingerprint density at radius 1 is 1.09 bits per heavy atom. The van der Waals surface area contributed by atoms with Crippen molar-refractivity contribution in [3.63, 3.8) is 0 Å². The fourth-order valence-electron chi connectivity index (χ4n) is 5.50. The zero-order valence-electron chi connectivity index (χ0n) is 20.3. The van der Waals surface area contributed by atoms with E-state index >= 15 is 0 Å². The van der Waals surface area contributed by atoms with Crippen LogP contribution in [-0.2, 0) is 23.9 Å². The Morgan fingerprint density at radius 2 is 1.82 bits per heavy atom. The lowest BCUT2D eigenvalue weighted by molar-refractivity contribution is -0.151. The van der Waals surface area contributed by atoms with Crippen LogP contribution in [0.2, 0.25) is 0 Å². The van der Waals surface area contributed by atoms with E-state index in [9.17, 15) is 14.4 Å². The van der Waals surface area contributed by atoms with E-state index < -0.39 is 23.8 Å². The number of esters is 2. The lowest BCUT2D eigenvalue weighted by Crippen LogP contribution is -2.43. The summed E-state index contributed by atoms with van der Waals surface area (Å²) in [5.74, 6) is -2.44. The summed E-state index contributed by atoms with van der Waals surface area (Å²) in [6.07, 6.45) is 5.33. The molecule has 7 nitrogen and oxygen atoms in total. The molecule has 1 N–H and O–H groups in total. The molecule has 3 atom stereocenters. The van der Waals surface area contributed by atoms with Crippen LogP contribution in [0.15, 0.2) is 46.8 Å². The molecule has 0 unspecified atom stereocenters. The predicted octanol–water partition coefficient (Wildman–Crippen LogP) is 4.18. The largest absolute Gasteiger partial charge is 0.497 e. The van der Waals surface area contributed by atoms with E-state index in [-0.39, 0.29) is 17.8 Å². The molecule has 34 heavy (non-hydrogen) atoms. The standard InChI is InChI=1S/C27H33NO6/c1-15-13-20-24(25(29)21(15)26(30)33-4)23(17-9-8-12-19(14-17)32-3)22(16(2)28-20)27(31)34-18-10-6-5-7-11-18/h8-9,12,14-15,18,21,23,28H,5-7,10-11,13H2,1-4H3/t15-,21-,23+/m0/s1. The summed E-state index contributed by atoms with van der Waals surface area (Å²) in [7, 11) is 2.87. The van der Waals surface area contributed by atoms with Gasteiger partial charge in [0.1, 0.15) is 17.8 Å². The summed E-state index contributed by atoms with van der Waals surface area (Å²) in [4.78, 5) is 39.9. The molecule has 182 valence electrons. The van der Waals surface area contributed by atoms with E-state index in [1.54, 1.807) is 7.11 Å². The topological polar surface area (TPSA) is 90.9 Å². The molecule has 0 spiro atoms. The van der Waals surface area contributed by atoms with Gasteiger partial charge in [0.25, 0.3) is 0 Å². The van der Waals surface area contributed by atoms with Crippen molar-refractivity contribution in [3.05, 3.63) is 52.4 Å². The van der Waals surface area contributed by atoms with Crippen LogP contribution in [0.5, 0.6) is 5.75 Å². The first-order chi connectivity index (χ1) is 16.3. The fourth-order valence-corrected chi connectivity index (χ4v) is 5.50. The number of Topliss-reactive ketones (excluding diaryl/α,β-unsaturated/α-hetero) is 1. The van der Waals surface area contributed by atoms with E-state index in [1.165, 1.54) is 7.11 Å². The van der Waals surface area contributed by atoms with Crippen LogP contribution in [0.4, 0.5) is 0 Å². The van der Waals surface area contributed by atoms with Gasteiger partial charge in [-0.3, -0.25) is 9.59 Å². The Labute approximate surface area is 200 Å². The number of nitrogens with one attached hydrogen (secondary N) is 1. The third-order valence-electron chi connectivity index (χ3n) is 7.22. The normalized spacial score (nSPS) is 25.4. The molecule has 7 heteroatoms. The number of benzene rings is 1. The number of rotatable bonds is 5. The van der Waals surface area contributed by atoms with Crippen molar-refractivity contribution in [2.24, 2.45) is 11.8 Å². The highest BCUT2D eigenvalue weighted by Crippen LogP contribution is 2.46. The van der Waals surface area contributed by atoms with Crippen LogP contribution < -0.4 is 10.1 Å². The first-order valence-corrected chi connectivity index (χ1v) is 12.0. The fraction of sp³-hybridized carbons (Fsp3) is 0.519. The third kappa shape index (κ3) is 4.48. The van der Waals surface area contributed by atoms with Crippen LogP contribution in [0, 0.1) is 11.8 Å². The molecule has 1 fully saturated rings. The summed E-state index contributed by atoms with van der Waals surface area (Å²) in [6, 6.07) is 7.37. The lowest BCUT2D eigenvalue weighted by atomic mass is 9.69. The number of dihydropyridines is 1. The van der Waals surface area contributed by atoms with Crippen LogP contribution >= 0.6 is 0 Å². The molecule has 0 radical (unpaired) electrons. The monoisotopic (exact) mass is 467 g/mol. The van der Waals surface area contributed by atoms with Gasteiger partial charge in [0, 0.05) is 22.9 Å². The maximum absolute atomic E-state index is 13.8. The minimum absolute atomic E-state index is 0.118. The summed E-state index contributed by atoms with van der Waals surface area (Å²) < 4.78 is 16.3. The third-order valence-corrected chi connectivity index (χ3v) is 7.22. The zero-order valence-corrected chi connectivity index (χ0v) is 20.3. The molecule has 0 amide bonds. The number of methoxy groups -OCH3 is 2. The second-order valence-electron chi connectivity index (χ2n) is 9.48. The Bertz CT molecular complexity index is 1050. The highest BCUT2D eigenvalue weighted by molar-refractivity contribution is 6.12. The number of hydrogen-bond donors (Lipinski definition) is 1. The molecule has 1 heterocycles. The summed E-state index contributed by atoms with van der Waals surface area (Å²) in [5.41, 5.74) is 3.00. The van der Waals surface area contributed by atoms with Crippen molar-refractivity contribution in [2.45, 2.75) is 64.4 Å². The van der Waals surface area contributed by atoms with Crippen LogP contribution in [0.1, 0.15) is 63.9 Å². The van der Waals surface area contributed by atoms with Gasteiger partial charge in [0.05, 0.1) is 19.8 Å². The van der Waals surface area contributed by atoms with E-state index in [1.807, 2.05) is 38.1 Å². The Balaban J connectivity index is 1.79. The summed E-state index contributed by atoms with van der Waals surface area (Å²) >= 11 is 0. The van der Waals surface area contributed by atoms with Crippen LogP contribution in [0.3, 0.4) is 0 Å². The highest BCUT2D eigenvalue weighted by atomic mass is 16.5. The average Bonchev–Trinajstić information content (AvgIpc) is 2.83. The molecule has 2 aliphatic carbocycles. The van der Waals surface area contributed by atoms with Gasteiger partial charge in [-0.2, -0.15) is 0 Å². The summed E-state index contributed by atoms with van der Waals surface area (Å²) in [5, 5.41) is 3.31. The molecule has 1 aliphatic heterocycles. The van der Waals surface area contributed by atoms with Crippen molar-refractivity contribution in [2.75, 3.05) is 14.2 Å². The second kappa shape index (κ2) is 10.0. The molecule has 4 rings (SSSR count). The number of hydrogen-bond acceptors (Lipinski definition) is 7. The van der Waals surface area contributed by atoms with Gasteiger partial charge in [0.15, 0.2) is 5.78 Å². The second-order valence-corrected chi connectivity index (χ2v) is 9.48. The molecular formula is C27H33NO6. The van der Waals surface area contributed by atoms with E-state index in [2.05, 4.69) is 5.32 Å². The summed E-state index contributed by atoms with van der Waals surface area (Å²) in [6.45, 7) is 3.72. The number of allylic oxidation sites excluding steroid dienone is 3. The van der Waals surface area contributed by atoms with E-state index in [0.717, 1.165) is 43.4 Å². The average molecular weight is 468 g/mol. The van der Waals surface area contributed by atoms with Crippen molar-refractivity contribution in [1.29, 1.82) is 0 Å². The van der Waals surface area contributed by atoms with Crippen LogP contribution in [-0.4, -0.2) is 38.0 Å². The van der Waals surface area contributed by atoms with Crippen molar-refractivity contribution < 1.29 is 28.6 Å². The molecular weight excluding hydrogens is 434 g/mol. The van der Waals surface area contributed by atoms with Crippen molar-refractivity contribution in [3.8, 4) is 5.75 Å². The van der Waals surface area contributed by atoms with Crippen LogP contribution in [0.25, 0.3) is 0 Å². The van der Waals surface area contributed by atoms with Gasteiger partial charge in [0.2, 0.25) is 0 Å². The Hall–Kier alpha value is -3.09. The quantitative estimate of drug-likeness (QED) is 0.513. The van der Waals surface area contributed by atoms with Gasteiger partial charge in [-0.15, -0.1) is 0 Å². The minimum Gasteiger partial charge on any atom is -0.497 e. The molecule has 0 aromatic heterocycles. The Kier molecular flexibility index (Phi) is 7.10. The molecule has 3 aliphatic rings. The molecule has 1 saturated carbocycles. The predicted molar refractivity (Wildman–Crippen MR) is 126 cm³/mol. The number of ether oxygens (including phenoxy) is 3. The Morgan fingerprint density at radius 3 is 2.50 bits per heavy atom. The highest BCUT2D eigenvalue weighted by Gasteiger charge is 2.47. The number of carbonyl (C=O) groups is 3.